The number of rotatable bonds is 5. The van der Waals surface area contributed by atoms with Gasteiger partial charge in [-0.05, 0) is 39.0 Å². The van der Waals surface area contributed by atoms with Crippen LogP contribution in [0, 0.1) is 30.9 Å². The van der Waals surface area contributed by atoms with Crippen LogP contribution in [0.5, 0.6) is 0 Å². The molecule has 0 unspecified atom stereocenters. The average Bonchev–Trinajstić information content (AvgIpc) is 3.34. The monoisotopic (exact) mass is 609 g/mol. The van der Waals surface area contributed by atoms with Crippen molar-refractivity contribution >= 4 is 51.2 Å². The first-order chi connectivity index (χ1) is 21.7. The first-order valence-electron chi connectivity index (χ1n) is 14.5. The number of nitrogens with zero attached hydrogens (tertiary/aromatic N) is 3. The molecule has 0 radical (unpaired) electrons. The Morgan fingerprint density at radius 3 is 1.69 bits per heavy atom. The molecule has 0 amide bonds. The fourth-order valence-corrected chi connectivity index (χ4v) is 9.54. The molecule has 0 N–H and O–H groups in total. The van der Waals surface area contributed by atoms with Crippen molar-refractivity contribution in [2.45, 2.75) is 20.8 Å². The summed E-state index contributed by atoms with van der Waals surface area (Å²) >= 11 is 0. The van der Waals surface area contributed by atoms with Gasteiger partial charge in [-0.15, -0.1) is 0 Å². The molecule has 45 heavy (non-hydrogen) atoms. The minimum absolute atomic E-state index is 0.157. The third-order valence-corrected chi connectivity index (χ3v) is 12.1. The minimum atomic E-state index is -2.94. The van der Waals surface area contributed by atoms with Gasteiger partial charge >= 0.3 is 0 Å². The Labute approximate surface area is 259 Å². The molecule has 6 aromatic rings. The molecule has 7 rings (SSSR count). The first-order valence-corrected chi connectivity index (χ1v) is 16.3. The van der Waals surface area contributed by atoms with Crippen LogP contribution in [0.3, 0.4) is 0 Å². The van der Waals surface area contributed by atoms with E-state index in [0.717, 1.165) is 32.6 Å². The molecule has 0 fully saturated rings. The molecule has 7 nitrogen and oxygen atoms in total. The maximum Gasteiger partial charge on any atom is 0.270 e. The molecule has 0 saturated carbocycles. The van der Waals surface area contributed by atoms with Crippen LogP contribution in [0.25, 0.3) is 22.2 Å². The Kier molecular flexibility index (Phi) is 6.72. The summed E-state index contributed by atoms with van der Waals surface area (Å²) in [7, 11) is -2.94. The minimum Gasteiger partial charge on any atom is -0.287 e. The van der Waals surface area contributed by atoms with Crippen molar-refractivity contribution < 1.29 is 9.72 Å². The zero-order chi connectivity index (χ0) is 31.5. The number of non-ortho nitro benzene ring substituents is 1. The third kappa shape index (κ3) is 4.47. The van der Waals surface area contributed by atoms with Crippen LogP contribution in [0.15, 0.2) is 125 Å². The predicted octanol–water partition coefficient (Wildman–Crippen LogP) is 7.31. The highest BCUT2D eigenvalue weighted by Crippen LogP contribution is 2.52. The lowest BCUT2D eigenvalue weighted by Crippen LogP contribution is -2.26. The third-order valence-electron chi connectivity index (χ3n) is 8.43. The van der Waals surface area contributed by atoms with Crippen molar-refractivity contribution in [3.8, 4) is 11.3 Å². The van der Waals surface area contributed by atoms with E-state index >= 15 is 0 Å². The van der Waals surface area contributed by atoms with Crippen molar-refractivity contribution in [1.29, 1.82) is 0 Å². The lowest BCUT2D eigenvalue weighted by Gasteiger charge is -2.28. The van der Waals surface area contributed by atoms with Gasteiger partial charge in [-0.25, -0.2) is 4.74 Å². The molecular weight excluding hydrogens is 581 g/mol. The van der Waals surface area contributed by atoms with Crippen LogP contribution in [-0.2, 0) is 0 Å². The molecule has 0 atom stereocenters. The zero-order valence-corrected chi connectivity index (χ0v) is 25.8. The SMILES string of the molecule is Cc1ccc(P(=Nc2c3n(c4ccccc4c2=O)C(=O)c2cc([N+](=O)[O-])ccc2-3)(c2ccc(C)cc2)c2ccc(C)cc2)cc1. The van der Waals surface area contributed by atoms with Crippen molar-refractivity contribution in [3.63, 3.8) is 0 Å². The Bertz CT molecular complexity index is 2190. The Hall–Kier alpha value is -5.39. The van der Waals surface area contributed by atoms with E-state index in [4.69, 9.17) is 4.74 Å². The molecule has 2 heterocycles. The molecule has 0 aliphatic carbocycles. The largest absolute Gasteiger partial charge is 0.287 e. The molecule has 8 heteroatoms. The fourth-order valence-electron chi connectivity index (χ4n) is 6.08. The average molecular weight is 610 g/mol. The number of nitro benzene ring substituents is 1. The lowest BCUT2D eigenvalue weighted by atomic mass is 10.0. The van der Waals surface area contributed by atoms with Crippen molar-refractivity contribution in [1.82, 2.24) is 4.57 Å². The van der Waals surface area contributed by atoms with Crippen molar-refractivity contribution in [2.24, 2.45) is 4.74 Å². The number of carbonyl (C=O) groups excluding carboxylic acids is 1. The molecular formula is C37H28N3O4P. The smallest absolute Gasteiger partial charge is 0.270 e. The number of pyridine rings is 1. The van der Waals surface area contributed by atoms with Crippen LogP contribution in [0.2, 0.25) is 0 Å². The summed E-state index contributed by atoms with van der Waals surface area (Å²) in [5.41, 5.74) is 4.35. The van der Waals surface area contributed by atoms with Crippen molar-refractivity contribution in [2.75, 3.05) is 0 Å². The maximum absolute atomic E-state index is 14.6. The van der Waals surface area contributed by atoms with Gasteiger partial charge < -0.3 is 0 Å². The van der Waals surface area contributed by atoms with E-state index in [2.05, 4.69) is 72.8 Å². The molecule has 1 aliphatic heterocycles. The molecule has 220 valence electrons. The number of carbonyl (C=O) groups is 1. The summed E-state index contributed by atoms with van der Waals surface area (Å²) < 4.78 is 7.09. The van der Waals surface area contributed by atoms with Gasteiger partial charge in [0.1, 0.15) is 5.69 Å². The van der Waals surface area contributed by atoms with E-state index in [1.807, 2.05) is 20.8 Å². The van der Waals surface area contributed by atoms with E-state index in [1.54, 1.807) is 30.3 Å². The second kappa shape index (κ2) is 10.7. The highest BCUT2D eigenvalue weighted by Gasteiger charge is 2.36. The van der Waals surface area contributed by atoms with Gasteiger partial charge in [0.15, 0.2) is 0 Å². The number of aryl methyl sites for hydroxylation is 3. The second-order valence-corrected chi connectivity index (χ2v) is 14.4. The molecule has 0 bridgehead atoms. The summed E-state index contributed by atoms with van der Waals surface area (Å²) in [6.45, 7) is 6.09. The van der Waals surface area contributed by atoms with E-state index in [9.17, 15) is 19.7 Å². The summed E-state index contributed by atoms with van der Waals surface area (Å²) in [6, 6.07) is 36.0. The van der Waals surface area contributed by atoms with Crippen LogP contribution in [0.4, 0.5) is 11.4 Å². The van der Waals surface area contributed by atoms with Crippen LogP contribution in [-0.4, -0.2) is 15.4 Å². The Morgan fingerprint density at radius 1 is 0.667 bits per heavy atom. The molecule has 0 saturated heterocycles. The number of nitro groups is 1. The summed E-state index contributed by atoms with van der Waals surface area (Å²) in [5, 5.41) is 14.9. The van der Waals surface area contributed by atoms with Gasteiger partial charge in [-0.3, -0.25) is 24.3 Å². The van der Waals surface area contributed by atoms with E-state index in [1.165, 1.54) is 16.7 Å². The molecule has 1 aliphatic rings. The lowest BCUT2D eigenvalue weighted by molar-refractivity contribution is -0.384. The normalized spacial score (nSPS) is 12.2. The summed E-state index contributed by atoms with van der Waals surface area (Å²) in [6.07, 6.45) is 0. The first kappa shape index (κ1) is 28.4. The number of hydrogen-bond donors (Lipinski definition) is 0. The van der Waals surface area contributed by atoms with E-state index in [-0.39, 0.29) is 22.4 Å². The highest BCUT2D eigenvalue weighted by atomic mass is 31.2. The highest BCUT2D eigenvalue weighted by molar-refractivity contribution is 7.87. The number of hydrogen-bond acceptors (Lipinski definition) is 5. The van der Waals surface area contributed by atoms with Gasteiger partial charge in [0.2, 0.25) is 5.43 Å². The van der Waals surface area contributed by atoms with Gasteiger partial charge in [0.05, 0.1) is 28.8 Å². The molecule has 5 aromatic carbocycles. The van der Waals surface area contributed by atoms with Crippen LogP contribution in [0.1, 0.15) is 27.0 Å². The number of aromatic nitrogens is 1. The Balaban J connectivity index is 1.71. The number of fused-ring (bicyclic) bond motifs is 5. The number of para-hydroxylation sites is 1. The standard InChI is InChI=1S/C37H28N3O4P/c1-23-8-15-27(16-9-23)45(28-17-10-24(2)11-18-28,29-19-12-25(3)13-20-29)38-34-35-30-21-14-26(40(43)44)22-32(30)37(42)39(35)33-7-5-4-6-31(33)36(34)41/h4-22H,1-3H3. The quantitative estimate of drug-likeness (QED) is 0.116. The van der Waals surface area contributed by atoms with Gasteiger partial charge in [-0.2, -0.15) is 0 Å². The summed E-state index contributed by atoms with van der Waals surface area (Å²) in [5.74, 6) is -0.429. The van der Waals surface area contributed by atoms with E-state index in [0.29, 0.717) is 22.2 Å². The number of benzene rings is 5. The second-order valence-electron chi connectivity index (χ2n) is 11.4. The fraction of sp³-hybridized carbons (Fsp3) is 0.0811. The zero-order valence-electron chi connectivity index (χ0n) is 24.9. The van der Waals surface area contributed by atoms with Crippen molar-refractivity contribution in [3.05, 3.63) is 158 Å². The van der Waals surface area contributed by atoms with Crippen LogP contribution >= 0.6 is 7.05 Å². The Morgan fingerprint density at radius 2 is 1.18 bits per heavy atom. The predicted molar refractivity (Wildman–Crippen MR) is 181 cm³/mol. The van der Waals surface area contributed by atoms with Crippen LogP contribution < -0.4 is 21.3 Å². The maximum atomic E-state index is 14.6. The van der Waals surface area contributed by atoms with Gasteiger partial charge in [0.25, 0.3) is 11.6 Å². The topological polar surface area (TPSA) is 94.6 Å². The van der Waals surface area contributed by atoms with Gasteiger partial charge in [-0.1, -0.05) is 102 Å². The van der Waals surface area contributed by atoms with E-state index < -0.39 is 17.9 Å². The summed E-state index contributed by atoms with van der Waals surface area (Å²) in [4.78, 5) is 39.8. The molecule has 1 aromatic heterocycles. The molecule has 0 spiro atoms. The van der Waals surface area contributed by atoms with Gasteiger partial charge in [0, 0.05) is 39.0 Å².